The molecule has 1 fully saturated rings. The lowest BCUT2D eigenvalue weighted by atomic mass is 9.53. The first kappa shape index (κ1) is 18.5. The molecule has 29 heavy (non-hydrogen) atoms. The summed E-state index contributed by atoms with van der Waals surface area (Å²) >= 11 is 0. The first-order chi connectivity index (χ1) is 13.9. The summed E-state index contributed by atoms with van der Waals surface area (Å²) in [4.78, 5) is 15.3. The van der Waals surface area contributed by atoms with Crippen molar-refractivity contribution < 1.29 is 18.7 Å². The zero-order valence-corrected chi connectivity index (χ0v) is 16.2. The van der Waals surface area contributed by atoms with Gasteiger partial charge in [0.1, 0.15) is 12.0 Å². The summed E-state index contributed by atoms with van der Waals surface area (Å²) in [6.07, 6.45) is 6.87. The van der Waals surface area contributed by atoms with Gasteiger partial charge in [0.2, 0.25) is 0 Å². The molecule has 0 amide bonds. The van der Waals surface area contributed by atoms with Crippen molar-refractivity contribution in [3.63, 3.8) is 0 Å². The smallest absolute Gasteiger partial charge is 0.335 e. The molecule has 1 N–H and O–H groups in total. The topological polar surface area (TPSA) is 50.2 Å². The van der Waals surface area contributed by atoms with E-state index in [1.165, 1.54) is 12.3 Å². The van der Waals surface area contributed by atoms with E-state index >= 15 is 4.39 Å². The van der Waals surface area contributed by atoms with Crippen LogP contribution in [-0.2, 0) is 6.42 Å². The molecule has 1 heterocycles. The van der Waals surface area contributed by atoms with E-state index in [-0.39, 0.29) is 28.6 Å². The van der Waals surface area contributed by atoms with Crippen molar-refractivity contribution >= 4 is 11.5 Å². The Labute approximate surface area is 168 Å². The van der Waals surface area contributed by atoms with Crippen LogP contribution in [0.1, 0.15) is 59.2 Å². The zero-order valence-electron chi connectivity index (χ0n) is 16.2. The predicted octanol–water partition coefficient (Wildman–Crippen LogP) is 5.42. The molecule has 5 rings (SSSR count). The van der Waals surface area contributed by atoms with Gasteiger partial charge in [0.25, 0.3) is 0 Å². The predicted molar refractivity (Wildman–Crippen MR) is 106 cm³/mol. The number of carboxylic acids is 1. The van der Waals surface area contributed by atoms with Gasteiger partial charge >= 0.3 is 5.97 Å². The minimum atomic E-state index is -1.01. The Bertz CT molecular complexity index is 1030. The van der Waals surface area contributed by atoms with Gasteiger partial charge in [-0.2, -0.15) is 0 Å². The number of benzene rings is 1. The monoisotopic (exact) mass is 395 g/mol. The van der Waals surface area contributed by atoms with E-state index in [0.29, 0.717) is 12.3 Å². The third-order valence-corrected chi connectivity index (χ3v) is 7.51. The largest absolute Gasteiger partial charge is 0.478 e. The van der Waals surface area contributed by atoms with Crippen LogP contribution in [0.15, 0.2) is 42.7 Å². The number of allylic oxidation sites excluding steroid dienone is 2. The van der Waals surface area contributed by atoms with Crippen molar-refractivity contribution in [3.05, 3.63) is 70.8 Å². The highest BCUT2D eigenvalue weighted by atomic mass is 19.1. The normalized spacial score (nSPS) is 32.7. The summed E-state index contributed by atoms with van der Waals surface area (Å²) in [7, 11) is 0. The summed E-state index contributed by atoms with van der Waals surface area (Å²) in [5, 5.41) is 9.27. The quantitative estimate of drug-likeness (QED) is 0.739. The Hall–Kier alpha value is -2.56. The average molecular weight is 395 g/mol. The molecule has 0 radical (unpaired) electrons. The van der Waals surface area contributed by atoms with Crippen molar-refractivity contribution in [2.45, 2.75) is 44.7 Å². The first-order valence-electron chi connectivity index (χ1n) is 10.2. The second-order valence-corrected chi connectivity index (χ2v) is 8.94. The van der Waals surface area contributed by atoms with Gasteiger partial charge in [-0.3, -0.25) is 4.98 Å². The van der Waals surface area contributed by atoms with Crippen molar-refractivity contribution in [2.24, 2.45) is 17.3 Å². The molecule has 3 nitrogen and oxygen atoms in total. The Kier molecular flexibility index (Phi) is 4.12. The van der Waals surface area contributed by atoms with Gasteiger partial charge in [-0.1, -0.05) is 19.1 Å². The number of rotatable bonds is 2. The zero-order chi connectivity index (χ0) is 20.3. The van der Waals surface area contributed by atoms with Gasteiger partial charge in [-0.15, -0.1) is 0 Å². The third kappa shape index (κ3) is 2.74. The van der Waals surface area contributed by atoms with E-state index in [4.69, 9.17) is 0 Å². The number of aryl methyl sites for hydroxylation is 1. The molecule has 150 valence electrons. The SMILES string of the molecule is CC12CC(F)C3c4ccc(C(=O)O)cc4CCC3C1CC=C2c1cncc(F)c1. The summed E-state index contributed by atoms with van der Waals surface area (Å²) < 4.78 is 29.4. The van der Waals surface area contributed by atoms with E-state index in [1.54, 1.807) is 18.3 Å². The number of halogens is 2. The molecular formula is C24H23F2NO2. The van der Waals surface area contributed by atoms with Crippen molar-refractivity contribution in [1.29, 1.82) is 0 Å². The van der Waals surface area contributed by atoms with E-state index in [0.717, 1.165) is 41.5 Å². The Morgan fingerprint density at radius 1 is 1.28 bits per heavy atom. The molecule has 3 aliphatic carbocycles. The van der Waals surface area contributed by atoms with Crippen LogP contribution in [-0.4, -0.2) is 22.2 Å². The number of carbonyl (C=O) groups is 1. The molecule has 5 unspecified atom stereocenters. The summed E-state index contributed by atoms with van der Waals surface area (Å²) in [6, 6.07) is 6.63. The minimum absolute atomic E-state index is 0.196. The molecular weight excluding hydrogens is 372 g/mol. The van der Waals surface area contributed by atoms with Gasteiger partial charge in [0, 0.05) is 12.1 Å². The van der Waals surface area contributed by atoms with Crippen LogP contribution in [0.4, 0.5) is 8.78 Å². The van der Waals surface area contributed by atoms with Crippen molar-refractivity contribution in [3.8, 4) is 0 Å². The second-order valence-electron chi connectivity index (χ2n) is 8.94. The standard InChI is InChI=1S/C24H23F2NO2/c1-24-10-21(26)22-17-4-3-14(23(28)29)8-13(17)2-5-18(22)20(24)7-6-19(24)15-9-16(25)12-27-11-15/h3-4,6,8-9,11-12,18,20-22H,2,5,7,10H2,1H3,(H,28,29). The Morgan fingerprint density at radius 2 is 2.10 bits per heavy atom. The number of fused-ring (bicyclic) bond motifs is 5. The van der Waals surface area contributed by atoms with Gasteiger partial charge < -0.3 is 5.11 Å². The van der Waals surface area contributed by atoms with Crippen LogP contribution < -0.4 is 0 Å². The molecule has 0 bridgehead atoms. The van der Waals surface area contributed by atoms with Crippen LogP contribution in [0.3, 0.4) is 0 Å². The molecule has 3 aliphatic rings. The summed E-state index contributed by atoms with van der Waals surface area (Å²) in [5.41, 5.74) is 3.64. The molecule has 5 heteroatoms. The van der Waals surface area contributed by atoms with Crippen LogP contribution >= 0.6 is 0 Å². The van der Waals surface area contributed by atoms with Gasteiger partial charge in [0.05, 0.1) is 11.8 Å². The molecule has 5 atom stereocenters. The lowest BCUT2D eigenvalue weighted by molar-refractivity contribution is 0.0237. The van der Waals surface area contributed by atoms with Crippen LogP contribution in [0.2, 0.25) is 0 Å². The molecule has 1 aromatic heterocycles. The third-order valence-electron chi connectivity index (χ3n) is 7.51. The fourth-order valence-corrected chi connectivity index (χ4v) is 6.31. The van der Waals surface area contributed by atoms with Gasteiger partial charge in [-0.05, 0) is 83.4 Å². The summed E-state index contributed by atoms with van der Waals surface area (Å²) in [6.45, 7) is 2.12. The number of alkyl halides is 1. The lowest BCUT2D eigenvalue weighted by Gasteiger charge is -2.51. The van der Waals surface area contributed by atoms with Crippen LogP contribution in [0.5, 0.6) is 0 Å². The van der Waals surface area contributed by atoms with Crippen molar-refractivity contribution in [1.82, 2.24) is 4.98 Å². The van der Waals surface area contributed by atoms with E-state index in [1.807, 2.05) is 6.07 Å². The van der Waals surface area contributed by atoms with Gasteiger partial charge in [0.15, 0.2) is 0 Å². The maximum Gasteiger partial charge on any atom is 0.335 e. The highest BCUT2D eigenvalue weighted by Crippen LogP contribution is 2.63. The van der Waals surface area contributed by atoms with E-state index in [9.17, 15) is 14.3 Å². The second kappa shape index (κ2) is 6.48. The highest BCUT2D eigenvalue weighted by molar-refractivity contribution is 5.88. The van der Waals surface area contributed by atoms with E-state index < -0.39 is 12.1 Å². The minimum Gasteiger partial charge on any atom is -0.478 e. The molecule has 0 spiro atoms. The molecule has 2 aromatic rings. The number of nitrogens with zero attached hydrogens (tertiary/aromatic N) is 1. The van der Waals surface area contributed by atoms with E-state index in [2.05, 4.69) is 18.0 Å². The number of aromatic carboxylic acids is 1. The molecule has 1 aromatic carbocycles. The fraction of sp³-hybridized carbons (Fsp3) is 0.417. The average Bonchev–Trinajstić information content (AvgIpc) is 3.03. The molecule has 0 aliphatic heterocycles. The Morgan fingerprint density at radius 3 is 2.86 bits per heavy atom. The first-order valence-corrected chi connectivity index (χ1v) is 10.2. The highest BCUT2D eigenvalue weighted by Gasteiger charge is 2.55. The fourth-order valence-electron chi connectivity index (χ4n) is 6.31. The molecule has 1 saturated carbocycles. The number of carboxylic acid groups (broad SMARTS) is 1. The number of pyridine rings is 1. The van der Waals surface area contributed by atoms with Gasteiger partial charge in [-0.25, -0.2) is 13.6 Å². The maximum absolute atomic E-state index is 15.7. The maximum atomic E-state index is 15.7. The van der Waals surface area contributed by atoms with Crippen molar-refractivity contribution in [2.75, 3.05) is 0 Å². The van der Waals surface area contributed by atoms with Crippen LogP contribution in [0.25, 0.3) is 5.57 Å². The lowest BCUT2D eigenvalue weighted by Crippen LogP contribution is -2.46. The number of hydrogen-bond acceptors (Lipinski definition) is 2. The Balaban J connectivity index is 1.51. The van der Waals surface area contributed by atoms with Crippen LogP contribution in [0, 0.1) is 23.1 Å². The number of aromatic nitrogens is 1. The number of hydrogen-bond donors (Lipinski definition) is 1. The molecule has 0 saturated heterocycles. The summed E-state index contributed by atoms with van der Waals surface area (Å²) in [5.74, 6) is -1.02.